The van der Waals surface area contributed by atoms with Crippen molar-refractivity contribution in [2.45, 2.75) is 26.2 Å². The molecule has 8 nitrogen and oxygen atoms in total. The number of fused-ring (bicyclic) bond motifs is 1. The number of nitrogens with zero attached hydrogens (tertiary/aromatic N) is 3. The zero-order valence-electron chi connectivity index (χ0n) is 21.4. The van der Waals surface area contributed by atoms with Crippen LogP contribution in [0, 0.1) is 5.82 Å². The van der Waals surface area contributed by atoms with Gasteiger partial charge in [0.05, 0.1) is 24.2 Å². The Kier molecular flexibility index (Phi) is 9.13. The predicted octanol–water partition coefficient (Wildman–Crippen LogP) is 6.48. The number of hydrogen-bond acceptors (Lipinski definition) is 6. The van der Waals surface area contributed by atoms with Crippen LogP contribution in [-0.4, -0.2) is 35.5 Å². The van der Waals surface area contributed by atoms with E-state index < -0.39 is 11.7 Å². The van der Waals surface area contributed by atoms with E-state index in [4.69, 9.17) is 14.5 Å². The van der Waals surface area contributed by atoms with Crippen LogP contribution in [0.5, 0.6) is 11.5 Å². The maximum atomic E-state index is 13.5. The second-order valence-electron chi connectivity index (χ2n) is 8.67. The van der Waals surface area contributed by atoms with Gasteiger partial charge >= 0.3 is 0 Å². The third-order valence-corrected chi connectivity index (χ3v) is 6.89. The molecule has 1 aromatic heterocycles. The molecule has 3 aromatic carbocycles. The first-order chi connectivity index (χ1) is 18.7. The van der Waals surface area contributed by atoms with Crippen molar-refractivity contribution in [2.24, 2.45) is 5.10 Å². The number of carbonyl (C=O) groups excluding carboxylic acids is 1. The summed E-state index contributed by atoms with van der Waals surface area (Å²) in [6.07, 6.45) is 2.23. The fraction of sp³-hybridized carbons (Fsp3) is 0.214. The summed E-state index contributed by atoms with van der Waals surface area (Å²) in [5, 5.41) is 7.59. The molecule has 4 aromatic rings. The SMILES string of the molecule is CC[C@@H](C)c1nc2ccc(Br)cc2c(=O)n1N=Cc1cc(Br)cc(OC)c1OCC(=O)Nc1ccc(F)cc1. The smallest absolute Gasteiger partial charge is 0.282 e. The van der Waals surface area contributed by atoms with E-state index in [9.17, 15) is 14.0 Å². The minimum absolute atomic E-state index is 0.0363. The first kappa shape index (κ1) is 28.4. The van der Waals surface area contributed by atoms with E-state index in [0.717, 1.165) is 10.9 Å². The van der Waals surface area contributed by atoms with E-state index in [-0.39, 0.29) is 23.8 Å². The van der Waals surface area contributed by atoms with Gasteiger partial charge in [-0.3, -0.25) is 9.59 Å². The van der Waals surface area contributed by atoms with Crippen molar-refractivity contribution in [3.63, 3.8) is 0 Å². The predicted molar refractivity (Wildman–Crippen MR) is 157 cm³/mol. The van der Waals surface area contributed by atoms with Crippen LogP contribution in [0.1, 0.15) is 37.6 Å². The van der Waals surface area contributed by atoms with Gasteiger partial charge in [-0.25, -0.2) is 9.37 Å². The van der Waals surface area contributed by atoms with Crippen LogP contribution >= 0.6 is 31.9 Å². The topological polar surface area (TPSA) is 94.8 Å². The van der Waals surface area contributed by atoms with Gasteiger partial charge in [-0.05, 0) is 61.0 Å². The molecule has 1 atom stereocenters. The van der Waals surface area contributed by atoms with E-state index in [1.54, 1.807) is 24.3 Å². The molecule has 202 valence electrons. The molecule has 0 aliphatic carbocycles. The number of benzene rings is 3. The number of nitrogens with one attached hydrogen (secondary N) is 1. The van der Waals surface area contributed by atoms with Gasteiger partial charge in [0, 0.05) is 26.1 Å². The van der Waals surface area contributed by atoms with E-state index in [0.29, 0.717) is 38.2 Å². The van der Waals surface area contributed by atoms with Crippen molar-refractivity contribution in [2.75, 3.05) is 19.0 Å². The van der Waals surface area contributed by atoms with E-state index >= 15 is 0 Å². The Labute approximate surface area is 241 Å². The van der Waals surface area contributed by atoms with Crippen LogP contribution in [0.2, 0.25) is 0 Å². The second-order valence-corrected chi connectivity index (χ2v) is 10.5. The Balaban J connectivity index is 1.70. The summed E-state index contributed by atoms with van der Waals surface area (Å²) in [5.41, 5.74) is 1.18. The third-order valence-electron chi connectivity index (χ3n) is 5.94. The minimum Gasteiger partial charge on any atom is -0.493 e. The van der Waals surface area contributed by atoms with Gasteiger partial charge in [-0.1, -0.05) is 45.7 Å². The quantitative estimate of drug-likeness (QED) is 0.208. The Morgan fingerprint density at radius 1 is 1.15 bits per heavy atom. The summed E-state index contributed by atoms with van der Waals surface area (Å²) in [6.45, 7) is 3.65. The van der Waals surface area contributed by atoms with Crippen LogP contribution in [0.15, 0.2) is 73.4 Å². The molecule has 1 amide bonds. The lowest BCUT2D eigenvalue weighted by atomic mass is 10.1. The Hall–Kier alpha value is -3.57. The summed E-state index contributed by atoms with van der Waals surface area (Å²) in [5.74, 6) is 0.248. The third kappa shape index (κ3) is 6.72. The molecule has 0 unspecified atom stereocenters. The molecular weight excluding hydrogens is 635 g/mol. The highest BCUT2D eigenvalue weighted by Gasteiger charge is 2.17. The maximum Gasteiger partial charge on any atom is 0.282 e. The van der Waals surface area contributed by atoms with Crippen LogP contribution < -0.4 is 20.3 Å². The minimum atomic E-state index is -0.450. The van der Waals surface area contributed by atoms with Gasteiger partial charge in [-0.2, -0.15) is 9.78 Å². The molecule has 0 radical (unpaired) electrons. The highest BCUT2D eigenvalue weighted by atomic mass is 79.9. The van der Waals surface area contributed by atoms with Crippen LogP contribution in [0.4, 0.5) is 10.1 Å². The second kappa shape index (κ2) is 12.5. The maximum absolute atomic E-state index is 13.5. The first-order valence-corrected chi connectivity index (χ1v) is 13.6. The van der Waals surface area contributed by atoms with Gasteiger partial charge in [-0.15, -0.1) is 0 Å². The fourth-order valence-corrected chi connectivity index (χ4v) is 4.57. The molecule has 0 fully saturated rings. The summed E-state index contributed by atoms with van der Waals surface area (Å²) in [4.78, 5) is 30.7. The number of halogens is 3. The number of methoxy groups -OCH3 is 1. The number of hydrogen-bond donors (Lipinski definition) is 1. The van der Waals surface area contributed by atoms with Crippen molar-refractivity contribution >= 4 is 60.6 Å². The fourth-order valence-electron chi connectivity index (χ4n) is 3.76. The van der Waals surface area contributed by atoms with Crippen molar-refractivity contribution in [1.82, 2.24) is 9.66 Å². The number of amides is 1. The number of rotatable bonds is 9. The van der Waals surface area contributed by atoms with Gasteiger partial charge < -0.3 is 14.8 Å². The monoisotopic (exact) mass is 658 g/mol. The Bertz CT molecular complexity index is 1610. The highest BCUT2D eigenvalue weighted by molar-refractivity contribution is 9.10. The average molecular weight is 660 g/mol. The zero-order chi connectivity index (χ0) is 28.1. The molecule has 39 heavy (non-hydrogen) atoms. The van der Waals surface area contributed by atoms with Crippen molar-refractivity contribution in [3.8, 4) is 11.5 Å². The Morgan fingerprint density at radius 2 is 1.90 bits per heavy atom. The number of anilines is 1. The molecule has 0 saturated heterocycles. The lowest BCUT2D eigenvalue weighted by Gasteiger charge is -2.15. The van der Waals surface area contributed by atoms with Gasteiger partial charge in [0.2, 0.25) is 0 Å². The van der Waals surface area contributed by atoms with Crippen molar-refractivity contribution < 1.29 is 18.7 Å². The first-order valence-electron chi connectivity index (χ1n) is 12.0. The van der Waals surface area contributed by atoms with Gasteiger partial charge in [0.25, 0.3) is 11.5 Å². The largest absolute Gasteiger partial charge is 0.493 e. The van der Waals surface area contributed by atoms with Gasteiger partial charge in [0.15, 0.2) is 18.1 Å². The molecule has 1 heterocycles. The number of aromatic nitrogens is 2. The summed E-state index contributed by atoms with van der Waals surface area (Å²) >= 11 is 6.87. The highest BCUT2D eigenvalue weighted by Crippen LogP contribution is 2.34. The van der Waals surface area contributed by atoms with E-state index in [1.807, 2.05) is 19.9 Å². The van der Waals surface area contributed by atoms with Crippen molar-refractivity contribution in [3.05, 3.63) is 91.1 Å². The average Bonchev–Trinajstić information content (AvgIpc) is 2.92. The molecule has 4 rings (SSSR count). The zero-order valence-corrected chi connectivity index (χ0v) is 24.5. The Morgan fingerprint density at radius 3 is 2.59 bits per heavy atom. The molecule has 11 heteroatoms. The lowest BCUT2D eigenvalue weighted by molar-refractivity contribution is -0.118. The number of carbonyl (C=O) groups is 1. The number of ether oxygens (including phenoxy) is 2. The van der Waals surface area contributed by atoms with Crippen LogP contribution in [0.3, 0.4) is 0 Å². The standard InChI is InChI=1S/C28H25Br2FN4O4/c1-4-16(2)27-34-23-10-5-18(29)12-22(23)28(37)35(27)32-14-17-11-19(30)13-24(38-3)26(17)39-15-25(36)33-21-8-6-20(31)7-9-21/h5-14,16H,4,15H2,1-3H3,(H,33,36)/t16-/m1/s1. The molecule has 1 N–H and O–H groups in total. The molecule has 0 bridgehead atoms. The molecule has 0 saturated carbocycles. The lowest BCUT2D eigenvalue weighted by Crippen LogP contribution is -2.24. The summed E-state index contributed by atoms with van der Waals surface area (Å²) < 4.78 is 27.2. The van der Waals surface area contributed by atoms with Crippen LogP contribution in [0.25, 0.3) is 10.9 Å². The van der Waals surface area contributed by atoms with Crippen molar-refractivity contribution in [1.29, 1.82) is 0 Å². The normalized spacial score (nSPS) is 12.1. The summed E-state index contributed by atoms with van der Waals surface area (Å²) in [7, 11) is 1.48. The molecule has 0 spiro atoms. The molecular formula is C28H25Br2FN4O4. The molecule has 0 aliphatic heterocycles. The summed E-state index contributed by atoms with van der Waals surface area (Å²) in [6, 6.07) is 14.2. The van der Waals surface area contributed by atoms with E-state index in [2.05, 4.69) is 42.3 Å². The van der Waals surface area contributed by atoms with E-state index in [1.165, 1.54) is 42.3 Å². The van der Waals surface area contributed by atoms with Crippen LogP contribution in [-0.2, 0) is 4.79 Å². The molecule has 0 aliphatic rings. The van der Waals surface area contributed by atoms with Gasteiger partial charge in [0.1, 0.15) is 11.6 Å².